The molecule has 2 fully saturated rings. The molecule has 0 bridgehead atoms. The van der Waals surface area contributed by atoms with Crippen LogP contribution in [-0.2, 0) is 17.7 Å². The van der Waals surface area contributed by atoms with E-state index in [9.17, 15) is 4.79 Å². The number of likely N-dealkylation sites (tertiary alicyclic amines) is 1. The Labute approximate surface area is 171 Å². The van der Waals surface area contributed by atoms with Gasteiger partial charge in [0.25, 0.3) is 5.91 Å². The molecule has 4 heterocycles. The number of hydrogen-bond donors (Lipinski definition) is 1. The average molecular weight is 393 g/mol. The number of ether oxygens (including phenoxy) is 1. The number of benzene rings is 1. The molecule has 1 aromatic carbocycles. The summed E-state index contributed by atoms with van der Waals surface area (Å²) in [5.74, 6) is 1.11. The van der Waals surface area contributed by atoms with Crippen molar-refractivity contribution in [2.75, 3.05) is 44.3 Å². The van der Waals surface area contributed by atoms with Gasteiger partial charge in [-0.1, -0.05) is 24.3 Å². The van der Waals surface area contributed by atoms with Crippen molar-refractivity contribution in [2.45, 2.75) is 31.3 Å². The lowest BCUT2D eigenvalue weighted by Gasteiger charge is -2.29. The fraction of sp³-hybridized carbons (Fsp3) is 0.478. The summed E-state index contributed by atoms with van der Waals surface area (Å²) in [6.45, 7) is 6.14. The molecule has 1 N–H and O–H groups in total. The van der Waals surface area contributed by atoms with Gasteiger partial charge in [0.15, 0.2) is 0 Å². The Kier molecular flexibility index (Phi) is 4.97. The number of morpholine rings is 1. The van der Waals surface area contributed by atoms with E-state index in [0.717, 1.165) is 76.6 Å². The van der Waals surface area contributed by atoms with E-state index in [2.05, 4.69) is 38.3 Å². The molecule has 1 aromatic heterocycles. The van der Waals surface area contributed by atoms with Gasteiger partial charge >= 0.3 is 0 Å². The molecule has 3 aliphatic heterocycles. The molecular weight excluding hydrogens is 364 g/mol. The second-order valence-electron chi connectivity index (χ2n) is 8.48. The zero-order valence-electron chi connectivity index (χ0n) is 16.8. The first-order chi connectivity index (χ1) is 14.2. The third kappa shape index (κ3) is 3.87. The topological polar surface area (TPSA) is 57.7 Å². The maximum absolute atomic E-state index is 12.8. The summed E-state index contributed by atoms with van der Waals surface area (Å²) in [5, 5.41) is 3.36. The third-order valence-corrected chi connectivity index (χ3v) is 6.50. The van der Waals surface area contributed by atoms with Crippen LogP contribution >= 0.6 is 0 Å². The molecule has 0 unspecified atom stereocenters. The molecule has 6 nitrogen and oxygen atoms in total. The molecule has 0 aliphatic carbocycles. The van der Waals surface area contributed by atoms with Crippen molar-refractivity contribution in [1.82, 2.24) is 15.2 Å². The summed E-state index contributed by atoms with van der Waals surface area (Å²) in [4.78, 5) is 22.2. The monoisotopic (exact) mass is 392 g/mol. The summed E-state index contributed by atoms with van der Waals surface area (Å²) in [5.41, 5.74) is 3.12. The van der Waals surface area contributed by atoms with E-state index in [1.165, 1.54) is 11.1 Å². The van der Waals surface area contributed by atoms with Crippen LogP contribution in [0.5, 0.6) is 0 Å². The van der Waals surface area contributed by atoms with Gasteiger partial charge in [0, 0.05) is 44.5 Å². The van der Waals surface area contributed by atoms with Gasteiger partial charge in [0.05, 0.1) is 18.8 Å². The first-order valence-corrected chi connectivity index (χ1v) is 10.6. The van der Waals surface area contributed by atoms with E-state index < -0.39 is 0 Å². The van der Waals surface area contributed by atoms with Crippen molar-refractivity contribution in [1.29, 1.82) is 0 Å². The van der Waals surface area contributed by atoms with E-state index in [1.54, 1.807) is 0 Å². The molecule has 1 atom stereocenters. The van der Waals surface area contributed by atoms with Crippen LogP contribution in [0.4, 0.5) is 5.82 Å². The van der Waals surface area contributed by atoms with Crippen LogP contribution in [-0.4, -0.2) is 60.7 Å². The number of amides is 1. The minimum Gasteiger partial charge on any atom is -0.378 e. The Hall–Kier alpha value is -2.44. The van der Waals surface area contributed by atoms with Crippen molar-refractivity contribution in [3.8, 4) is 0 Å². The minimum atomic E-state index is -0.114. The molecule has 0 saturated carbocycles. The number of aryl methyl sites for hydroxylation is 1. The minimum absolute atomic E-state index is 0.0801. The average Bonchev–Trinajstić information content (AvgIpc) is 3.09. The number of rotatable bonds is 3. The zero-order valence-corrected chi connectivity index (χ0v) is 16.8. The first kappa shape index (κ1) is 18.6. The quantitative estimate of drug-likeness (QED) is 0.868. The highest BCUT2D eigenvalue weighted by atomic mass is 16.5. The van der Waals surface area contributed by atoms with Crippen LogP contribution in [0, 0.1) is 0 Å². The lowest BCUT2D eigenvalue weighted by Crippen LogP contribution is -2.49. The normalized spacial score (nSPS) is 25.0. The van der Waals surface area contributed by atoms with Crippen molar-refractivity contribution in [3.63, 3.8) is 0 Å². The Morgan fingerprint density at radius 3 is 2.76 bits per heavy atom. The van der Waals surface area contributed by atoms with Gasteiger partial charge in [-0.05, 0) is 42.5 Å². The van der Waals surface area contributed by atoms with Crippen molar-refractivity contribution in [2.24, 2.45) is 0 Å². The Morgan fingerprint density at radius 1 is 1.07 bits per heavy atom. The highest BCUT2D eigenvalue weighted by Crippen LogP contribution is 2.31. The van der Waals surface area contributed by atoms with Gasteiger partial charge < -0.3 is 15.0 Å². The first-order valence-electron chi connectivity index (χ1n) is 10.6. The molecule has 0 radical (unpaired) electrons. The second-order valence-corrected chi connectivity index (χ2v) is 8.48. The number of nitrogens with one attached hydrogen (secondary N) is 1. The summed E-state index contributed by atoms with van der Waals surface area (Å²) in [6, 6.07) is 12.3. The fourth-order valence-electron chi connectivity index (χ4n) is 4.85. The number of anilines is 1. The van der Waals surface area contributed by atoms with Crippen LogP contribution in [0.2, 0.25) is 0 Å². The maximum Gasteiger partial charge on any atom is 0.252 e. The molecule has 29 heavy (non-hydrogen) atoms. The van der Waals surface area contributed by atoms with E-state index in [-0.39, 0.29) is 11.4 Å². The van der Waals surface area contributed by atoms with Crippen molar-refractivity contribution < 1.29 is 9.53 Å². The zero-order chi connectivity index (χ0) is 19.7. The van der Waals surface area contributed by atoms with Crippen LogP contribution in [0.25, 0.3) is 0 Å². The molecule has 2 aromatic rings. The number of carbonyl (C=O) groups is 1. The SMILES string of the molecule is O=C1N[C@@]2(CCc3ccccc31)CCN(Cc1ccc(N3CCOCC3)nc1)C2. The third-order valence-electron chi connectivity index (χ3n) is 6.50. The summed E-state index contributed by atoms with van der Waals surface area (Å²) in [7, 11) is 0. The largest absolute Gasteiger partial charge is 0.378 e. The van der Waals surface area contributed by atoms with Crippen LogP contribution in [0.15, 0.2) is 42.6 Å². The van der Waals surface area contributed by atoms with Crippen molar-refractivity contribution >= 4 is 11.7 Å². The summed E-state index contributed by atoms with van der Waals surface area (Å²) in [6.07, 6.45) is 4.96. The molecule has 152 valence electrons. The molecule has 3 aliphatic rings. The maximum atomic E-state index is 12.8. The molecule has 2 saturated heterocycles. The summed E-state index contributed by atoms with van der Waals surface area (Å²) < 4.78 is 5.42. The molecule has 1 amide bonds. The highest BCUT2D eigenvalue weighted by molar-refractivity contribution is 5.96. The van der Waals surface area contributed by atoms with Gasteiger partial charge in [-0.2, -0.15) is 0 Å². The predicted octanol–water partition coefficient (Wildman–Crippen LogP) is 2.24. The Balaban J connectivity index is 1.23. The number of aromatic nitrogens is 1. The number of nitrogens with zero attached hydrogens (tertiary/aromatic N) is 3. The standard InChI is InChI=1S/C23H28N4O2/c28-22-20-4-2-1-3-19(20)7-8-23(25-22)9-10-26(17-23)16-18-5-6-21(24-15-18)27-11-13-29-14-12-27/h1-6,15H,7-14,16-17H2,(H,25,28)/t23-/m0/s1. The lowest BCUT2D eigenvalue weighted by atomic mass is 9.91. The number of carbonyl (C=O) groups excluding carboxylic acids is 1. The van der Waals surface area contributed by atoms with E-state index in [0.29, 0.717) is 0 Å². The lowest BCUT2D eigenvalue weighted by molar-refractivity contribution is 0.0902. The molecule has 5 rings (SSSR count). The van der Waals surface area contributed by atoms with Gasteiger partial charge in [0.2, 0.25) is 0 Å². The van der Waals surface area contributed by atoms with Gasteiger partial charge in [0.1, 0.15) is 5.82 Å². The second kappa shape index (κ2) is 7.76. The Morgan fingerprint density at radius 2 is 1.93 bits per heavy atom. The van der Waals surface area contributed by atoms with Gasteiger partial charge in [-0.15, -0.1) is 0 Å². The van der Waals surface area contributed by atoms with E-state index in [1.807, 2.05) is 24.4 Å². The number of hydrogen-bond acceptors (Lipinski definition) is 5. The predicted molar refractivity (Wildman–Crippen MR) is 112 cm³/mol. The van der Waals surface area contributed by atoms with Crippen LogP contribution in [0.1, 0.15) is 34.3 Å². The number of fused-ring (bicyclic) bond motifs is 1. The van der Waals surface area contributed by atoms with Crippen LogP contribution in [0.3, 0.4) is 0 Å². The number of pyridine rings is 1. The van der Waals surface area contributed by atoms with Gasteiger partial charge in [-0.25, -0.2) is 4.98 Å². The van der Waals surface area contributed by atoms with Crippen LogP contribution < -0.4 is 10.2 Å². The summed E-state index contributed by atoms with van der Waals surface area (Å²) >= 11 is 0. The fourth-order valence-corrected chi connectivity index (χ4v) is 4.85. The molecule has 1 spiro atoms. The smallest absolute Gasteiger partial charge is 0.252 e. The molecular formula is C23H28N4O2. The van der Waals surface area contributed by atoms with E-state index in [4.69, 9.17) is 4.74 Å². The highest BCUT2D eigenvalue weighted by Gasteiger charge is 2.41. The van der Waals surface area contributed by atoms with Gasteiger partial charge in [-0.3, -0.25) is 9.69 Å². The van der Waals surface area contributed by atoms with E-state index >= 15 is 0 Å². The van der Waals surface area contributed by atoms with Crippen molar-refractivity contribution in [3.05, 3.63) is 59.3 Å². The Bertz CT molecular complexity index is 879. The molecule has 6 heteroatoms.